The topological polar surface area (TPSA) is 23.5 Å². The largest absolute Gasteiger partial charge is 0.389 e. The van der Waals surface area contributed by atoms with E-state index in [9.17, 15) is 9.50 Å². The van der Waals surface area contributed by atoms with E-state index >= 15 is 0 Å². The van der Waals surface area contributed by atoms with Gasteiger partial charge in [-0.05, 0) is 38.2 Å². The van der Waals surface area contributed by atoms with Crippen LogP contribution >= 0.6 is 0 Å². The van der Waals surface area contributed by atoms with Crippen LogP contribution in [-0.2, 0) is 0 Å². The Morgan fingerprint density at radius 2 is 2.24 bits per heavy atom. The minimum Gasteiger partial charge on any atom is -0.389 e. The number of aliphatic hydroxyl groups is 1. The lowest BCUT2D eigenvalue weighted by Crippen LogP contribution is -2.33. The van der Waals surface area contributed by atoms with Gasteiger partial charge in [-0.15, -0.1) is 0 Å². The highest BCUT2D eigenvalue weighted by Gasteiger charge is 2.39. The fourth-order valence-corrected chi connectivity index (χ4v) is 3.37. The SMILES string of the molecule is C[C@H](O)c1cccc(F)c1N1CC2CCC1C2. The number of hydrogen-bond acceptors (Lipinski definition) is 2. The molecule has 0 spiro atoms. The number of piperidine rings is 1. The van der Waals surface area contributed by atoms with Crippen LogP contribution in [0.15, 0.2) is 18.2 Å². The Kier molecular flexibility index (Phi) is 2.58. The van der Waals surface area contributed by atoms with Crippen LogP contribution in [0.4, 0.5) is 10.1 Å². The second-order valence-corrected chi connectivity index (χ2v) is 5.34. The highest BCUT2D eigenvalue weighted by molar-refractivity contribution is 5.57. The second kappa shape index (κ2) is 3.98. The summed E-state index contributed by atoms with van der Waals surface area (Å²) < 4.78 is 14.0. The molecule has 1 aliphatic carbocycles. The van der Waals surface area contributed by atoms with Crippen molar-refractivity contribution in [1.29, 1.82) is 0 Å². The molecular weight excluding hydrogens is 217 g/mol. The Bertz CT molecular complexity index is 432. The zero-order valence-electron chi connectivity index (χ0n) is 10.1. The molecule has 1 saturated carbocycles. The number of para-hydroxylation sites is 1. The lowest BCUT2D eigenvalue weighted by Gasteiger charge is -2.31. The van der Waals surface area contributed by atoms with Crippen LogP contribution < -0.4 is 4.90 Å². The first-order valence-electron chi connectivity index (χ1n) is 6.40. The van der Waals surface area contributed by atoms with Gasteiger partial charge in [-0.1, -0.05) is 12.1 Å². The fraction of sp³-hybridized carbons (Fsp3) is 0.571. The summed E-state index contributed by atoms with van der Waals surface area (Å²) in [4.78, 5) is 2.17. The van der Waals surface area contributed by atoms with E-state index < -0.39 is 6.10 Å². The van der Waals surface area contributed by atoms with E-state index in [1.165, 1.54) is 18.9 Å². The number of aliphatic hydroxyl groups excluding tert-OH is 1. The molecule has 1 saturated heterocycles. The molecule has 3 rings (SSSR count). The third-order valence-corrected chi connectivity index (χ3v) is 4.16. The maximum Gasteiger partial charge on any atom is 0.146 e. The van der Waals surface area contributed by atoms with Crippen LogP contribution in [0.3, 0.4) is 0 Å². The lowest BCUT2D eigenvalue weighted by molar-refractivity contribution is 0.199. The number of halogens is 1. The molecule has 0 aromatic heterocycles. The predicted molar refractivity (Wildman–Crippen MR) is 65.5 cm³/mol. The average molecular weight is 235 g/mol. The summed E-state index contributed by atoms with van der Waals surface area (Å²) in [7, 11) is 0. The molecule has 1 heterocycles. The molecule has 17 heavy (non-hydrogen) atoms. The Hall–Kier alpha value is -1.09. The van der Waals surface area contributed by atoms with Crippen molar-refractivity contribution >= 4 is 5.69 Å². The van der Waals surface area contributed by atoms with Crippen molar-refractivity contribution in [2.75, 3.05) is 11.4 Å². The molecule has 0 radical (unpaired) electrons. The van der Waals surface area contributed by atoms with Gasteiger partial charge in [0.05, 0.1) is 11.8 Å². The maximum absolute atomic E-state index is 14.0. The van der Waals surface area contributed by atoms with Crippen molar-refractivity contribution in [2.24, 2.45) is 5.92 Å². The number of benzene rings is 1. The van der Waals surface area contributed by atoms with Crippen molar-refractivity contribution in [3.05, 3.63) is 29.6 Å². The van der Waals surface area contributed by atoms with Gasteiger partial charge in [0.25, 0.3) is 0 Å². The Balaban J connectivity index is 2.02. The number of fused-ring (bicyclic) bond motifs is 2. The molecule has 2 unspecified atom stereocenters. The summed E-state index contributed by atoms with van der Waals surface area (Å²) in [6, 6.07) is 5.48. The molecule has 2 bridgehead atoms. The van der Waals surface area contributed by atoms with E-state index in [-0.39, 0.29) is 5.82 Å². The van der Waals surface area contributed by atoms with Gasteiger partial charge < -0.3 is 10.0 Å². The minimum atomic E-state index is -0.611. The quantitative estimate of drug-likeness (QED) is 0.852. The predicted octanol–water partition coefficient (Wildman–Crippen LogP) is 2.87. The first-order valence-corrected chi connectivity index (χ1v) is 6.40. The van der Waals surface area contributed by atoms with E-state index in [1.807, 2.05) is 6.07 Å². The molecule has 1 aromatic rings. The van der Waals surface area contributed by atoms with Crippen molar-refractivity contribution in [2.45, 2.75) is 38.3 Å². The summed E-state index contributed by atoms with van der Waals surface area (Å²) in [6.45, 7) is 2.65. The van der Waals surface area contributed by atoms with Crippen LogP contribution in [-0.4, -0.2) is 17.7 Å². The third kappa shape index (κ3) is 1.73. The highest BCUT2D eigenvalue weighted by atomic mass is 19.1. The number of nitrogens with zero attached hydrogens (tertiary/aromatic N) is 1. The number of rotatable bonds is 2. The summed E-state index contributed by atoms with van der Waals surface area (Å²) in [5.74, 6) is 0.525. The minimum absolute atomic E-state index is 0.198. The first kappa shape index (κ1) is 11.0. The van der Waals surface area contributed by atoms with E-state index in [1.54, 1.807) is 13.0 Å². The third-order valence-electron chi connectivity index (χ3n) is 4.16. The van der Waals surface area contributed by atoms with Gasteiger partial charge in [-0.25, -0.2) is 4.39 Å². The molecule has 92 valence electrons. The Labute approximate surface area is 101 Å². The second-order valence-electron chi connectivity index (χ2n) is 5.34. The fourth-order valence-electron chi connectivity index (χ4n) is 3.37. The van der Waals surface area contributed by atoms with Crippen molar-refractivity contribution in [1.82, 2.24) is 0 Å². The van der Waals surface area contributed by atoms with Crippen LogP contribution in [0.1, 0.15) is 37.9 Å². The summed E-state index contributed by atoms with van der Waals surface area (Å²) >= 11 is 0. The van der Waals surface area contributed by atoms with Crippen molar-refractivity contribution in [3.63, 3.8) is 0 Å². The molecule has 3 atom stereocenters. The van der Waals surface area contributed by atoms with E-state index in [4.69, 9.17) is 0 Å². The molecule has 1 N–H and O–H groups in total. The lowest BCUT2D eigenvalue weighted by atomic mass is 10.0. The average Bonchev–Trinajstić information content (AvgIpc) is 2.90. The van der Waals surface area contributed by atoms with Gasteiger partial charge in [0, 0.05) is 18.2 Å². The molecule has 2 fully saturated rings. The molecule has 3 heteroatoms. The normalized spacial score (nSPS) is 28.8. The van der Waals surface area contributed by atoms with Gasteiger partial charge in [0.15, 0.2) is 0 Å². The summed E-state index contributed by atoms with van der Waals surface area (Å²) in [5.41, 5.74) is 1.35. The van der Waals surface area contributed by atoms with E-state index in [2.05, 4.69) is 4.90 Å². The van der Waals surface area contributed by atoms with Crippen LogP contribution in [0.2, 0.25) is 0 Å². The number of hydrogen-bond donors (Lipinski definition) is 1. The van der Waals surface area contributed by atoms with Gasteiger partial charge in [0.2, 0.25) is 0 Å². The molecule has 1 aliphatic heterocycles. The van der Waals surface area contributed by atoms with Gasteiger partial charge >= 0.3 is 0 Å². The molecular formula is C14H18FNO. The maximum atomic E-state index is 14.0. The van der Waals surface area contributed by atoms with Gasteiger partial charge in [-0.3, -0.25) is 0 Å². The molecule has 2 nitrogen and oxygen atoms in total. The zero-order valence-corrected chi connectivity index (χ0v) is 10.1. The first-order chi connectivity index (χ1) is 8.16. The van der Waals surface area contributed by atoms with E-state index in [0.29, 0.717) is 11.7 Å². The molecule has 0 amide bonds. The van der Waals surface area contributed by atoms with Crippen molar-refractivity contribution in [3.8, 4) is 0 Å². The standard InChI is InChI=1S/C14H18FNO/c1-9(17)12-3-2-4-13(15)14(12)16-8-10-5-6-11(16)7-10/h2-4,9-11,17H,5-8H2,1H3/t9-,10?,11?/m0/s1. The smallest absolute Gasteiger partial charge is 0.146 e. The van der Waals surface area contributed by atoms with Crippen LogP contribution in [0.25, 0.3) is 0 Å². The molecule has 2 aliphatic rings. The highest BCUT2D eigenvalue weighted by Crippen LogP contribution is 2.43. The Morgan fingerprint density at radius 1 is 1.41 bits per heavy atom. The van der Waals surface area contributed by atoms with Gasteiger partial charge in [-0.2, -0.15) is 0 Å². The van der Waals surface area contributed by atoms with E-state index in [0.717, 1.165) is 24.4 Å². The van der Waals surface area contributed by atoms with Gasteiger partial charge in [0.1, 0.15) is 5.82 Å². The molecule has 1 aromatic carbocycles. The van der Waals surface area contributed by atoms with Crippen molar-refractivity contribution < 1.29 is 9.50 Å². The summed E-state index contributed by atoms with van der Waals surface area (Å²) in [6.07, 6.45) is 3.02. The Morgan fingerprint density at radius 3 is 2.82 bits per heavy atom. The zero-order chi connectivity index (χ0) is 12.0. The van der Waals surface area contributed by atoms with Crippen LogP contribution in [0, 0.1) is 11.7 Å². The summed E-state index contributed by atoms with van der Waals surface area (Å²) in [5, 5.41) is 9.77. The monoisotopic (exact) mass is 235 g/mol. The number of anilines is 1. The van der Waals surface area contributed by atoms with Crippen LogP contribution in [0.5, 0.6) is 0 Å².